The molecule has 0 N–H and O–H groups in total. The molecule has 4 aromatic carbocycles. The van der Waals surface area contributed by atoms with Crippen LogP contribution < -0.4 is 20.5 Å². The lowest BCUT2D eigenvalue weighted by Crippen LogP contribution is -2.56. The van der Waals surface area contributed by atoms with Gasteiger partial charge in [0.25, 0.3) is 0 Å². The topological polar surface area (TPSA) is 25.6 Å². The van der Waals surface area contributed by atoms with E-state index in [1.807, 2.05) is 0 Å². The Bertz CT molecular complexity index is 1720. The molecule has 7 rings (SSSR count). The molecule has 1 aromatic heterocycles. The Kier molecular flexibility index (Phi) is 4.77. The third kappa shape index (κ3) is 3.36. The van der Waals surface area contributed by atoms with E-state index in [0.29, 0.717) is 0 Å². The van der Waals surface area contributed by atoms with E-state index in [9.17, 15) is 0 Å². The fourth-order valence-corrected chi connectivity index (χ4v) is 5.95. The molecule has 0 fully saturated rings. The zero-order valence-electron chi connectivity index (χ0n) is 22.9. The van der Waals surface area contributed by atoms with Crippen LogP contribution in [-0.2, 0) is 10.8 Å². The largest absolute Gasteiger partial charge is 0.551 e. The second-order valence-corrected chi connectivity index (χ2v) is 12.7. The van der Waals surface area contributed by atoms with Crippen LogP contribution in [0.1, 0.15) is 52.7 Å². The molecular weight excluding hydrogens is 465 g/mol. The molecule has 38 heavy (non-hydrogen) atoms. The first kappa shape index (κ1) is 23.2. The number of rotatable bonds is 1. The molecule has 0 atom stereocenters. The van der Waals surface area contributed by atoms with Crippen molar-refractivity contribution in [2.24, 2.45) is 0 Å². The van der Waals surface area contributed by atoms with E-state index in [-0.39, 0.29) is 17.7 Å². The standard InChI is InChI=1S/C34H32BNO2/c1-33(2,3)22-11-14-24(15-12-22)36-28-16-13-23(34(4,5)6)20-27(28)35-30-26(25-9-7-8-10-29(25)38-35)19-21-17-18-37-32(21)31(30)36/h7-20H,1-6H3. The minimum atomic E-state index is -0.216. The molecule has 2 aliphatic heterocycles. The number of nitrogens with zero attached hydrogens (tertiary/aromatic N) is 1. The van der Waals surface area contributed by atoms with Crippen LogP contribution in [0, 0.1) is 0 Å². The Morgan fingerprint density at radius 3 is 2.16 bits per heavy atom. The first-order valence-electron chi connectivity index (χ1n) is 13.5. The van der Waals surface area contributed by atoms with Crippen LogP contribution in [0.15, 0.2) is 89.5 Å². The molecule has 4 heteroatoms. The fraction of sp³-hybridized carbons (Fsp3) is 0.235. The maximum Gasteiger partial charge on any atom is 0.431 e. The molecule has 0 bridgehead atoms. The van der Waals surface area contributed by atoms with Crippen molar-refractivity contribution in [1.29, 1.82) is 0 Å². The van der Waals surface area contributed by atoms with Crippen molar-refractivity contribution in [3.63, 3.8) is 0 Å². The van der Waals surface area contributed by atoms with Gasteiger partial charge in [0, 0.05) is 27.8 Å². The maximum absolute atomic E-state index is 6.84. The highest BCUT2D eigenvalue weighted by molar-refractivity contribution is 6.86. The van der Waals surface area contributed by atoms with Crippen molar-refractivity contribution in [2.75, 3.05) is 4.90 Å². The summed E-state index contributed by atoms with van der Waals surface area (Å²) in [5, 5.41) is 1.10. The van der Waals surface area contributed by atoms with Gasteiger partial charge in [0.1, 0.15) is 5.75 Å². The summed E-state index contributed by atoms with van der Waals surface area (Å²) in [5.74, 6) is 0.925. The van der Waals surface area contributed by atoms with Gasteiger partial charge >= 0.3 is 6.92 Å². The third-order valence-corrected chi connectivity index (χ3v) is 8.07. The van der Waals surface area contributed by atoms with Gasteiger partial charge in [-0.1, -0.05) is 84.0 Å². The van der Waals surface area contributed by atoms with E-state index in [1.54, 1.807) is 6.26 Å². The summed E-state index contributed by atoms with van der Waals surface area (Å²) in [6.07, 6.45) is 1.80. The molecule has 0 saturated heterocycles. The SMILES string of the molecule is CC(C)(C)c1ccc(N2c3ccc(C(C)(C)C)cc3B3Oc4ccccc4-c4cc5ccoc5c2c43)cc1. The first-order chi connectivity index (χ1) is 18.1. The Morgan fingerprint density at radius 1 is 0.711 bits per heavy atom. The monoisotopic (exact) mass is 497 g/mol. The summed E-state index contributed by atoms with van der Waals surface area (Å²) < 4.78 is 13.0. The van der Waals surface area contributed by atoms with Gasteiger partial charge in [0.15, 0.2) is 5.58 Å². The number of para-hydroxylation sites is 1. The molecule has 0 aliphatic carbocycles. The number of benzene rings is 4. The van der Waals surface area contributed by atoms with E-state index in [2.05, 4.69) is 125 Å². The summed E-state index contributed by atoms with van der Waals surface area (Å²) >= 11 is 0. The van der Waals surface area contributed by atoms with E-state index < -0.39 is 0 Å². The highest BCUT2D eigenvalue weighted by atomic mass is 16.4. The number of fused-ring (bicyclic) bond motifs is 6. The van der Waals surface area contributed by atoms with E-state index in [4.69, 9.17) is 9.07 Å². The van der Waals surface area contributed by atoms with E-state index in [0.717, 1.165) is 39.3 Å². The van der Waals surface area contributed by atoms with Gasteiger partial charge in [0.2, 0.25) is 0 Å². The van der Waals surface area contributed by atoms with Gasteiger partial charge < -0.3 is 14.0 Å². The lowest BCUT2D eigenvalue weighted by atomic mass is 9.49. The molecule has 3 nitrogen and oxygen atoms in total. The van der Waals surface area contributed by atoms with Crippen LogP contribution in [0.4, 0.5) is 17.1 Å². The van der Waals surface area contributed by atoms with Gasteiger partial charge in [-0.2, -0.15) is 0 Å². The fourth-order valence-electron chi connectivity index (χ4n) is 5.95. The zero-order valence-corrected chi connectivity index (χ0v) is 22.9. The highest BCUT2D eigenvalue weighted by Crippen LogP contribution is 2.46. The molecule has 0 unspecified atom stereocenters. The average Bonchev–Trinajstić information content (AvgIpc) is 3.36. The molecule has 3 heterocycles. The van der Waals surface area contributed by atoms with Crippen molar-refractivity contribution in [2.45, 2.75) is 52.4 Å². The molecule has 2 aliphatic rings. The quantitative estimate of drug-likeness (QED) is 0.220. The molecule has 0 radical (unpaired) electrons. The van der Waals surface area contributed by atoms with Crippen molar-refractivity contribution in [3.8, 4) is 16.9 Å². The van der Waals surface area contributed by atoms with Crippen LogP contribution in [-0.4, -0.2) is 6.92 Å². The van der Waals surface area contributed by atoms with Gasteiger partial charge in [0.05, 0.1) is 12.0 Å². The lowest BCUT2D eigenvalue weighted by molar-refractivity contribution is 0.584. The van der Waals surface area contributed by atoms with Gasteiger partial charge in [-0.3, -0.25) is 0 Å². The van der Waals surface area contributed by atoms with Crippen LogP contribution in [0.2, 0.25) is 0 Å². The Balaban J connectivity index is 1.57. The lowest BCUT2D eigenvalue weighted by Gasteiger charge is -2.40. The molecule has 5 aromatic rings. The Morgan fingerprint density at radius 2 is 1.42 bits per heavy atom. The Hall–Kier alpha value is -3.92. The van der Waals surface area contributed by atoms with Gasteiger partial charge in [-0.05, 0) is 69.4 Å². The third-order valence-electron chi connectivity index (χ3n) is 8.07. The van der Waals surface area contributed by atoms with Crippen LogP contribution >= 0.6 is 0 Å². The smallest absolute Gasteiger partial charge is 0.431 e. The molecule has 188 valence electrons. The molecular formula is C34H32BNO2. The molecule has 0 saturated carbocycles. The maximum atomic E-state index is 6.84. The van der Waals surface area contributed by atoms with Gasteiger partial charge in [-0.15, -0.1) is 0 Å². The summed E-state index contributed by atoms with van der Waals surface area (Å²) in [6.45, 7) is 13.4. The second-order valence-electron chi connectivity index (χ2n) is 12.7. The van der Waals surface area contributed by atoms with Crippen LogP contribution in [0.5, 0.6) is 5.75 Å². The van der Waals surface area contributed by atoms with Crippen molar-refractivity contribution < 1.29 is 9.07 Å². The summed E-state index contributed by atoms with van der Waals surface area (Å²) in [4.78, 5) is 2.38. The summed E-state index contributed by atoms with van der Waals surface area (Å²) in [7, 11) is 0. The van der Waals surface area contributed by atoms with Crippen LogP contribution in [0.3, 0.4) is 0 Å². The number of furan rings is 1. The first-order valence-corrected chi connectivity index (χ1v) is 13.5. The molecule has 0 spiro atoms. The second kappa shape index (κ2) is 7.80. The van der Waals surface area contributed by atoms with Crippen molar-refractivity contribution in [3.05, 3.63) is 96.3 Å². The number of hydrogen-bond donors (Lipinski definition) is 0. The van der Waals surface area contributed by atoms with E-state index >= 15 is 0 Å². The van der Waals surface area contributed by atoms with Crippen molar-refractivity contribution >= 4 is 45.9 Å². The highest BCUT2D eigenvalue weighted by Gasteiger charge is 2.44. The normalized spacial score (nSPS) is 14.2. The predicted octanol–water partition coefficient (Wildman–Crippen LogP) is 7.98. The van der Waals surface area contributed by atoms with Gasteiger partial charge in [-0.25, -0.2) is 0 Å². The zero-order chi connectivity index (χ0) is 26.4. The number of hydrogen-bond acceptors (Lipinski definition) is 3. The molecule has 0 amide bonds. The summed E-state index contributed by atoms with van der Waals surface area (Å²) in [5.41, 5.74) is 11.6. The predicted molar refractivity (Wildman–Crippen MR) is 159 cm³/mol. The Labute approximate surface area is 225 Å². The number of anilines is 3. The average molecular weight is 497 g/mol. The summed E-state index contributed by atoms with van der Waals surface area (Å²) in [6, 6.07) is 28.6. The minimum absolute atomic E-state index is 0.0227. The minimum Gasteiger partial charge on any atom is -0.551 e. The van der Waals surface area contributed by atoms with Crippen molar-refractivity contribution in [1.82, 2.24) is 0 Å². The van der Waals surface area contributed by atoms with E-state index in [1.165, 1.54) is 27.6 Å². The van der Waals surface area contributed by atoms with Crippen LogP contribution in [0.25, 0.3) is 22.1 Å².